The molecule has 0 aliphatic heterocycles. The molecule has 0 saturated heterocycles. The molecule has 3 rings (SSSR count). The Morgan fingerprint density at radius 2 is 2.03 bits per heavy atom. The topological polar surface area (TPSA) is 113 Å². The van der Waals surface area contributed by atoms with Crippen molar-refractivity contribution in [2.45, 2.75) is 11.2 Å². The lowest BCUT2D eigenvalue weighted by Gasteiger charge is -2.14. The molecule has 0 radical (unpaired) electrons. The number of aromatic amines is 1. The highest BCUT2D eigenvalue weighted by atomic mass is 32.2. The Balaban J connectivity index is 2.04. The number of H-pyrrole nitrogens is 1. The third kappa shape index (κ3) is 4.61. The monoisotopic (exact) mass is 451 g/mol. The molecule has 0 spiro atoms. The number of ketones is 1. The van der Waals surface area contributed by atoms with Crippen LogP contribution in [0, 0.1) is 11.3 Å². The van der Waals surface area contributed by atoms with Gasteiger partial charge in [0.15, 0.2) is 7.05 Å². The second kappa shape index (κ2) is 8.65. The van der Waals surface area contributed by atoms with E-state index in [-0.39, 0.29) is 16.4 Å². The molecule has 31 heavy (non-hydrogen) atoms. The minimum Gasteiger partial charge on any atom is -0.497 e. The first-order valence-corrected chi connectivity index (χ1v) is 9.54. The minimum absolute atomic E-state index is 0.0318. The molecule has 1 N–H and O–H groups in total. The van der Waals surface area contributed by atoms with E-state index in [1.165, 1.54) is 32.4 Å². The zero-order valence-electron chi connectivity index (χ0n) is 16.1. The van der Waals surface area contributed by atoms with Crippen molar-refractivity contribution in [2.75, 3.05) is 12.9 Å². The highest BCUT2D eigenvalue weighted by Gasteiger charge is 2.36. The highest BCUT2D eigenvalue weighted by molar-refractivity contribution is 8.00. The van der Waals surface area contributed by atoms with E-state index in [0.717, 1.165) is 10.7 Å². The minimum atomic E-state index is -4.82. The van der Waals surface area contributed by atoms with E-state index in [2.05, 4.69) is 14.8 Å². The van der Waals surface area contributed by atoms with Crippen molar-refractivity contribution in [3.05, 3.63) is 57.6 Å². The summed E-state index contributed by atoms with van der Waals surface area (Å²) in [6, 6.07) is 8.48. The van der Waals surface area contributed by atoms with Gasteiger partial charge in [0.2, 0.25) is 5.78 Å². The van der Waals surface area contributed by atoms with Crippen LogP contribution in [0.5, 0.6) is 5.75 Å². The van der Waals surface area contributed by atoms with Gasteiger partial charge in [0, 0.05) is 5.56 Å². The van der Waals surface area contributed by atoms with Gasteiger partial charge in [-0.25, -0.2) is 9.78 Å². The van der Waals surface area contributed by atoms with Crippen molar-refractivity contribution in [2.24, 2.45) is 7.05 Å². The number of hydrogen-bond donors (Lipinski definition) is 1. The molecule has 0 aliphatic rings. The molecule has 0 atom stereocenters. The van der Waals surface area contributed by atoms with Crippen LogP contribution in [0.2, 0.25) is 0 Å². The Labute approximate surface area is 177 Å². The normalized spacial score (nSPS) is 11.2. The van der Waals surface area contributed by atoms with Crippen LogP contribution in [-0.4, -0.2) is 28.9 Å². The number of carbonyl (C=O) groups is 1. The zero-order chi connectivity index (χ0) is 22.8. The quantitative estimate of drug-likeness (QED) is 0.348. The lowest BCUT2D eigenvalue weighted by molar-refractivity contribution is -0.741. The maximum Gasteiger partial charge on any atom is 0.438 e. The number of benzene rings is 1. The van der Waals surface area contributed by atoms with E-state index in [1.807, 2.05) is 0 Å². The summed E-state index contributed by atoms with van der Waals surface area (Å²) in [5.41, 5.74) is -2.76. The number of methoxy groups -OCH3 is 1. The maximum atomic E-state index is 13.6. The fourth-order valence-electron chi connectivity index (χ4n) is 2.71. The molecular formula is C19H14F3N4O4S+. The van der Waals surface area contributed by atoms with Gasteiger partial charge in [-0.1, -0.05) is 16.4 Å². The molecule has 8 nitrogen and oxygen atoms in total. The maximum absolute atomic E-state index is 13.6. The number of Topliss-reactive ketones (excluding diaryl/α,β-unsaturated/α-hetero) is 1. The summed E-state index contributed by atoms with van der Waals surface area (Å²) in [4.78, 5) is 28.1. The first-order chi connectivity index (χ1) is 14.7. The lowest BCUT2D eigenvalue weighted by Crippen LogP contribution is -2.39. The predicted octanol–water partition coefficient (Wildman–Crippen LogP) is 2.73. The van der Waals surface area contributed by atoms with Gasteiger partial charge in [-0.3, -0.25) is 9.32 Å². The molecular weight excluding hydrogens is 437 g/mol. The molecule has 2 heterocycles. The third-order valence-electron chi connectivity index (χ3n) is 4.20. The van der Waals surface area contributed by atoms with Crippen molar-refractivity contribution in [1.29, 1.82) is 5.26 Å². The van der Waals surface area contributed by atoms with E-state index in [1.54, 1.807) is 12.1 Å². The van der Waals surface area contributed by atoms with Gasteiger partial charge in [-0.15, -0.1) is 0 Å². The number of carbonyl (C=O) groups excluding carboxylic acids is 1. The second-order valence-corrected chi connectivity index (χ2v) is 7.14. The summed E-state index contributed by atoms with van der Waals surface area (Å²) < 4.78 is 51.5. The number of nitrogens with one attached hydrogen (secondary N) is 1. The number of alkyl halides is 3. The molecule has 2 aromatic heterocycles. The van der Waals surface area contributed by atoms with Gasteiger partial charge in [0.25, 0.3) is 0 Å². The molecule has 0 bridgehead atoms. The number of nitriles is 1. The van der Waals surface area contributed by atoms with Crippen LogP contribution >= 0.6 is 11.8 Å². The number of aryl methyl sites for hydroxylation is 1. The second-order valence-electron chi connectivity index (χ2n) is 6.17. The Bertz CT molecular complexity index is 1230. The third-order valence-corrected chi connectivity index (χ3v) is 5.17. The number of halogens is 3. The van der Waals surface area contributed by atoms with E-state index < -0.39 is 34.5 Å². The van der Waals surface area contributed by atoms with Crippen LogP contribution < -0.4 is 15.0 Å². The average molecular weight is 451 g/mol. The Morgan fingerprint density at radius 1 is 1.35 bits per heavy atom. The van der Waals surface area contributed by atoms with Gasteiger partial charge in [0.1, 0.15) is 16.8 Å². The van der Waals surface area contributed by atoms with Crippen molar-refractivity contribution in [3.63, 3.8) is 0 Å². The summed E-state index contributed by atoms with van der Waals surface area (Å²) >= 11 is 0.627. The largest absolute Gasteiger partial charge is 0.497 e. The Kier molecular flexibility index (Phi) is 6.16. The molecule has 0 fully saturated rings. The Hall–Kier alpha value is -3.59. The average Bonchev–Trinajstić information content (AvgIpc) is 3.08. The van der Waals surface area contributed by atoms with Crippen LogP contribution in [-0.2, 0) is 13.2 Å². The molecule has 0 amide bonds. The highest BCUT2D eigenvalue weighted by Crippen LogP contribution is 2.38. The van der Waals surface area contributed by atoms with Gasteiger partial charge < -0.3 is 4.74 Å². The standard InChI is InChI=1S/C19H13F3N4O4S/c1-26-16(18(28)30-25-26)15(27)9-31-17-12(8-23)13(19(20,21)22)7-14(24-17)10-3-5-11(29-2)6-4-10/h3-7H,9H2,1-2H3/p+1. The van der Waals surface area contributed by atoms with Crippen LogP contribution in [0.1, 0.15) is 21.6 Å². The molecule has 0 unspecified atom stereocenters. The fourth-order valence-corrected chi connectivity index (χ4v) is 3.58. The van der Waals surface area contributed by atoms with Gasteiger partial charge in [-0.2, -0.15) is 18.4 Å². The first kappa shape index (κ1) is 22.1. The zero-order valence-corrected chi connectivity index (χ0v) is 16.9. The van der Waals surface area contributed by atoms with Gasteiger partial charge in [-0.05, 0) is 35.6 Å². The molecule has 12 heteroatoms. The van der Waals surface area contributed by atoms with E-state index in [9.17, 15) is 28.0 Å². The number of thioether (sulfide) groups is 1. The van der Waals surface area contributed by atoms with Crippen LogP contribution in [0.4, 0.5) is 13.2 Å². The molecule has 1 aromatic carbocycles. The fraction of sp³-hybridized carbons (Fsp3) is 0.211. The number of rotatable bonds is 6. The SMILES string of the molecule is COc1ccc(-c2cc(C(F)(F)F)c(C#N)c(SCC(=O)c3c(=O)o[nH][n+]3C)n2)cc1. The number of pyridine rings is 1. The van der Waals surface area contributed by atoms with Crippen LogP contribution in [0.3, 0.4) is 0 Å². The number of hydrogen-bond acceptors (Lipinski definition) is 7. The van der Waals surface area contributed by atoms with Crippen molar-refractivity contribution >= 4 is 17.5 Å². The van der Waals surface area contributed by atoms with E-state index in [4.69, 9.17) is 4.74 Å². The first-order valence-electron chi connectivity index (χ1n) is 8.56. The van der Waals surface area contributed by atoms with Crippen molar-refractivity contribution < 1.29 is 31.9 Å². The molecule has 3 aromatic rings. The summed E-state index contributed by atoms with van der Waals surface area (Å²) in [6.07, 6.45) is -4.82. The van der Waals surface area contributed by atoms with Crippen molar-refractivity contribution in [3.8, 4) is 23.1 Å². The summed E-state index contributed by atoms with van der Waals surface area (Å²) in [5, 5.41) is 11.3. The van der Waals surface area contributed by atoms with Crippen LogP contribution in [0.15, 0.2) is 44.7 Å². The van der Waals surface area contributed by atoms with E-state index >= 15 is 0 Å². The summed E-state index contributed by atoms with van der Waals surface area (Å²) in [7, 11) is 2.82. The Morgan fingerprint density at radius 3 is 2.55 bits per heavy atom. The van der Waals surface area contributed by atoms with Crippen LogP contribution in [0.25, 0.3) is 11.3 Å². The van der Waals surface area contributed by atoms with E-state index in [0.29, 0.717) is 23.1 Å². The van der Waals surface area contributed by atoms with Gasteiger partial charge in [0.05, 0.1) is 29.7 Å². The molecule has 160 valence electrons. The number of ether oxygens (including phenoxy) is 1. The number of aromatic nitrogens is 3. The molecule has 0 aliphatic carbocycles. The van der Waals surface area contributed by atoms with Crippen molar-refractivity contribution in [1.82, 2.24) is 10.3 Å². The predicted molar refractivity (Wildman–Crippen MR) is 102 cm³/mol. The summed E-state index contributed by atoms with van der Waals surface area (Å²) in [6.45, 7) is 0. The summed E-state index contributed by atoms with van der Waals surface area (Å²) in [5.74, 6) is -0.620. The number of nitrogens with zero attached hydrogens (tertiary/aromatic N) is 3. The lowest BCUT2D eigenvalue weighted by atomic mass is 10.1. The molecule has 0 saturated carbocycles. The van der Waals surface area contributed by atoms with Gasteiger partial charge >= 0.3 is 17.5 Å². The smallest absolute Gasteiger partial charge is 0.438 e.